The normalized spacial score (nSPS) is 26.8. The minimum absolute atomic E-state index is 0.00237. The van der Waals surface area contributed by atoms with E-state index in [1.54, 1.807) is 18.9 Å². The Hall–Kier alpha value is -1.40. The monoisotopic (exact) mass is 282 g/mol. The number of aliphatic hydroxyl groups is 1. The van der Waals surface area contributed by atoms with E-state index in [1.807, 2.05) is 6.92 Å². The van der Waals surface area contributed by atoms with Crippen molar-refractivity contribution in [1.29, 1.82) is 0 Å². The van der Waals surface area contributed by atoms with Crippen molar-refractivity contribution in [2.75, 3.05) is 26.8 Å². The fraction of sp³-hybridized carbons (Fsp3) is 0.714. The number of oxazole rings is 1. The molecule has 0 radical (unpaired) electrons. The second kappa shape index (κ2) is 5.93. The van der Waals surface area contributed by atoms with E-state index in [4.69, 9.17) is 9.15 Å². The van der Waals surface area contributed by atoms with Crippen LogP contribution in [-0.2, 0) is 4.74 Å². The Labute approximate surface area is 118 Å². The Bertz CT molecular complexity index is 473. The predicted octanol–water partition coefficient (Wildman–Crippen LogP) is 1.23. The van der Waals surface area contributed by atoms with Crippen LogP contribution >= 0.6 is 0 Å². The molecule has 1 saturated heterocycles. The van der Waals surface area contributed by atoms with Crippen LogP contribution in [0.2, 0.25) is 0 Å². The summed E-state index contributed by atoms with van der Waals surface area (Å²) in [6.07, 6.45) is 2.43. The summed E-state index contributed by atoms with van der Waals surface area (Å²) in [5.41, 5.74) is -0.398. The van der Waals surface area contributed by atoms with Gasteiger partial charge < -0.3 is 19.2 Å². The van der Waals surface area contributed by atoms with Gasteiger partial charge in [0.2, 0.25) is 0 Å². The number of methoxy groups -OCH3 is 1. The summed E-state index contributed by atoms with van der Waals surface area (Å²) in [7, 11) is 1.63. The van der Waals surface area contributed by atoms with E-state index in [0.717, 1.165) is 0 Å². The first-order valence-corrected chi connectivity index (χ1v) is 6.88. The van der Waals surface area contributed by atoms with Gasteiger partial charge in [-0.1, -0.05) is 6.92 Å². The number of nitrogens with zero attached hydrogens (tertiary/aromatic N) is 2. The quantitative estimate of drug-likeness (QED) is 0.899. The lowest BCUT2D eigenvalue weighted by Crippen LogP contribution is -2.53. The molecule has 112 valence electrons. The van der Waals surface area contributed by atoms with Crippen molar-refractivity contribution >= 4 is 5.91 Å². The van der Waals surface area contributed by atoms with E-state index in [1.165, 1.54) is 6.39 Å². The number of aromatic nitrogens is 1. The zero-order valence-corrected chi connectivity index (χ0v) is 12.3. The van der Waals surface area contributed by atoms with Gasteiger partial charge in [0.05, 0.1) is 5.60 Å². The topological polar surface area (TPSA) is 75.8 Å². The van der Waals surface area contributed by atoms with E-state index in [0.29, 0.717) is 44.0 Å². The Morgan fingerprint density at radius 2 is 2.45 bits per heavy atom. The molecule has 2 atom stereocenters. The molecular formula is C14H22N2O4. The number of carbonyl (C=O) groups is 1. The number of amides is 1. The lowest BCUT2D eigenvalue weighted by Gasteiger charge is -2.43. The zero-order valence-electron chi connectivity index (χ0n) is 12.3. The molecule has 1 aliphatic heterocycles. The highest BCUT2D eigenvalue weighted by molar-refractivity contribution is 5.93. The van der Waals surface area contributed by atoms with Crippen LogP contribution in [0.15, 0.2) is 10.8 Å². The molecule has 2 unspecified atom stereocenters. The summed E-state index contributed by atoms with van der Waals surface area (Å²) in [4.78, 5) is 18.0. The standard InChI is InChI=1S/C14H22N2O4/c1-10-8-16(6-4-14(10,18)5-7-19-3)13(17)12-11(2)20-9-15-12/h9-10,18H,4-8H2,1-3H3. The maximum atomic E-state index is 12.3. The number of rotatable bonds is 4. The Balaban J connectivity index is 2.02. The third-order valence-electron chi connectivity index (χ3n) is 4.20. The van der Waals surface area contributed by atoms with Crippen LogP contribution in [0.5, 0.6) is 0 Å². The van der Waals surface area contributed by atoms with Crippen molar-refractivity contribution < 1.29 is 19.1 Å². The Kier molecular flexibility index (Phi) is 4.45. The van der Waals surface area contributed by atoms with E-state index < -0.39 is 5.60 Å². The average Bonchev–Trinajstić information content (AvgIpc) is 2.85. The van der Waals surface area contributed by atoms with E-state index in [9.17, 15) is 9.90 Å². The molecule has 1 aromatic rings. The molecule has 2 heterocycles. The second-order valence-electron chi connectivity index (χ2n) is 5.51. The van der Waals surface area contributed by atoms with Crippen molar-refractivity contribution in [3.8, 4) is 0 Å². The van der Waals surface area contributed by atoms with Gasteiger partial charge in [0, 0.05) is 32.7 Å². The van der Waals surface area contributed by atoms with Gasteiger partial charge in [-0.3, -0.25) is 4.79 Å². The van der Waals surface area contributed by atoms with E-state index in [2.05, 4.69) is 4.98 Å². The average molecular weight is 282 g/mol. The summed E-state index contributed by atoms with van der Waals surface area (Å²) >= 11 is 0. The minimum atomic E-state index is -0.758. The van der Waals surface area contributed by atoms with Crippen LogP contribution in [0, 0.1) is 12.8 Å². The molecule has 1 N–H and O–H groups in total. The Morgan fingerprint density at radius 3 is 3.00 bits per heavy atom. The summed E-state index contributed by atoms with van der Waals surface area (Å²) in [6.45, 7) is 5.26. The lowest BCUT2D eigenvalue weighted by molar-refractivity contribution is -0.0751. The van der Waals surface area contributed by atoms with Crippen molar-refractivity contribution in [2.24, 2.45) is 5.92 Å². The van der Waals surface area contributed by atoms with Gasteiger partial charge in [-0.2, -0.15) is 0 Å². The van der Waals surface area contributed by atoms with Gasteiger partial charge in [0.15, 0.2) is 12.1 Å². The van der Waals surface area contributed by atoms with Crippen molar-refractivity contribution in [2.45, 2.75) is 32.3 Å². The Morgan fingerprint density at radius 1 is 1.70 bits per heavy atom. The van der Waals surface area contributed by atoms with E-state index in [-0.39, 0.29) is 11.8 Å². The first-order valence-electron chi connectivity index (χ1n) is 6.88. The second-order valence-corrected chi connectivity index (χ2v) is 5.51. The molecule has 1 fully saturated rings. The maximum Gasteiger partial charge on any atom is 0.276 e. The molecule has 1 aliphatic rings. The third kappa shape index (κ3) is 2.86. The van der Waals surface area contributed by atoms with Gasteiger partial charge in [-0.25, -0.2) is 4.98 Å². The highest BCUT2D eigenvalue weighted by atomic mass is 16.5. The SMILES string of the molecule is COCCC1(O)CCN(C(=O)c2ncoc2C)CC1C. The summed E-state index contributed by atoms with van der Waals surface area (Å²) in [5.74, 6) is 0.405. The smallest absolute Gasteiger partial charge is 0.276 e. The number of aryl methyl sites for hydroxylation is 1. The molecule has 6 heteroatoms. The molecule has 2 rings (SSSR count). The van der Waals surface area contributed by atoms with Gasteiger partial charge in [0.25, 0.3) is 5.91 Å². The largest absolute Gasteiger partial charge is 0.448 e. The summed E-state index contributed by atoms with van der Waals surface area (Å²) in [6, 6.07) is 0. The van der Waals surface area contributed by atoms with Gasteiger partial charge >= 0.3 is 0 Å². The minimum Gasteiger partial charge on any atom is -0.448 e. The number of carbonyl (C=O) groups excluding carboxylic acids is 1. The van der Waals surface area contributed by atoms with Gasteiger partial charge in [-0.15, -0.1) is 0 Å². The van der Waals surface area contributed by atoms with Crippen molar-refractivity contribution in [1.82, 2.24) is 9.88 Å². The summed E-state index contributed by atoms with van der Waals surface area (Å²) in [5, 5.41) is 10.6. The van der Waals surface area contributed by atoms with Crippen LogP contribution in [-0.4, -0.2) is 53.3 Å². The lowest BCUT2D eigenvalue weighted by atomic mass is 9.80. The molecule has 1 amide bonds. The van der Waals surface area contributed by atoms with Gasteiger partial charge in [0.1, 0.15) is 5.76 Å². The zero-order chi connectivity index (χ0) is 14.8. The highest BCUT2D eigenvalue weighted by Gasteiger charge is 2.40. The third-order valence-corrected chi connectivity index (χ3v) is 4.20. The number of hydrogen-bond donors (Lipinski definition) is 1. The van der Waals surface area contributed by atoms with Crippen molar-refractivity contribution in [3.05, 3.63) is 17.8 Å². The molecule has 0 aromatic carbocycles. The van der Waals surface area contributed by atoms with Crippen LogP contribution < -0.4 is 0 Å². The molecule has 20 heavy (non-hydrogen) atoms. The molecule has 0 aliphatic carbocycles. The molecule has 1 aromatic heterocycles. The fourth-order valence-electron chi connectivity index (χ4n) is 2.66. The first-order chi connectivity index (χ1) is 9.48. The number of likely N-dealkylation sites (tertiary alicyclic amines) is 1. The molecule has 0 spiro atoms. The van der Waals surface area contributed by atoms with Crippen LogP contribution in [0.3, 0.4) is 0 Å². The highest BCUT2D eigenvalue weighted by Crippen LogP contribution is 2.31. The van der Waals surface area contributed by atoms with Crippen LogP contribution in [0.4, 0.5) is 0 Å². The maximum absolute atomic E-state index is 12.3. The van der Waals surface area contributed by atoms with Crippen molar-refractivity contribution in [3.63, 3.8) is 0 Å². The van der Waals surface area contributed by atoms with Crippen LogP contribution in [0.1, 0.15) is 36.0 Å². The van der Waals surface area contributed by atoms with E-state index >= 15 is 0 Å². The molecule has 0 saturated carbocycles. The fourth-order valence-corrected chi connectivity index (χ4v) is 2.66. The molecular weight excluding hydrogens is 260 g/mol. The predicted molar refractivity (Wildman–Crippen MR) is 72.4 cm³/mol. The molecule has 0 bridgehead atoms. The summed E-state index contributed by atoms with van der Waals surface area (Å²) < 4.78 is 10.1. The van der Waals surface area contributed by atoms with Crippen LogP contribution in [0.25, 0.3) is 0 Å². The number of hydrogen-bond acceptors (Lipinski definition) is 5. The molecule has 6 nitrogen and oxygen atoms in total. The number of ether oxygens (including phenoxy) is 1. The van der Waals surface area contributed by atoms with Gasteiger partial charge in [-0.05, 0) is 19.8 Å². The first kappa shape index (κ1) is 15.0. The number of piperidine rings is 1.